The summed E-state index contributed by atoms with van der Waals surface area (Å²) in [5.41, 5.74) is 4.48. The summed E-state index contributed by atoms with van der Waals surface area (Å²) in [6.07, 6.45) is 27.5. The van der Waals surface area contributed by atoms with Crippen LogP contribution in [0.1, 0.15) is 164 Å². The summed E-state index contributed by atoms with van der Waals surface area (Å²) in [5, 5.41) is 0. The van der Waals surface area contributed by atoms with Gasteiger partial charge in [-0.15, -0.1) is 0 Å². The average molecular weight is 549 g/mol. The number of rotatable bonds is 5. The summed E-state index contributed by atoms with van der Waals surface area (Å²) in [4.78, 5) is 0. The summed E-state index contributed by atoms with van der Waals surface area (Å²) in [6.45, 7) is 21.9. The Hall–Kier alpha value is -0.260. The molecule has 40 heavy (non-hydrogen) atoms. The SMILES string of the molecule is C=C(C[C@H](C(C)C)C1CCC2C(C1)CC1[C@@H]3CCC4C(C)(C)CCC[C@@]45CC35CC[C@]21C)C1CCCCC1.CC. The largest absolute Gasteiger partial charge is 0.0996 e. The molecular weight excluding hydrogens is 480 g/mol. The molecule has 0 nitrogen and oxygen atoms in total. The summed E-state index contributed by atoms with van der Waals surface area (Å²) >= 11 is 0. The molecule has 2 spiro atoms. The molecule has 0 radical (unpaired) electrons. The van der Waals surface area contributed by atoms with Crippen LogP contribution in [0.25, 0.3) is 0 Å². The zero-order valence-corrected chi connectivity index (χ0v) is 28.1. The Bertz CT molecular complexity index is 918. The molecule has 0 aromatic heterocycles. The van der Waals surface area contributed by atoms with E-state index in [0.717, 1.165) is 64.1 Å². The Kier molecular flexibility index (Phi) is 7.99. The van der Waals surface area contributed by atoms with Crippen LogP contribution in [0.4, 0.5) is 0 Å². The minimum absolute atomic E-state index is 0.609. The highest BCUT2D eigenvalue weighted by atomic mass is 14.8. The van der Waals surface area contributed by atoms with Gasteiger partial charge >= 0.3 is 0 Å². The molecule has 7 rings (SSSR count). The van der Waals surface area contributed by atoms with Gasteiger partial charge in [0.1, 0.15) is 0 Å². The van der Waals surface area contributed by atoms with Gasteiger partial charge in [-0.05, 0) is 165 Å². The molecular formula is C40H68. The molecule has 6 unspecified atom stereocenters. The van der Waals surface area contributed by atoms with Crippen molar-refractivity contribution in [2.75, 3.05) is 0 Å². The summed E-state index contributed by atoms with van der Waals surface area (Å²) < 4.78 is 0. The Morgan fingerprint density at radius 3 is 2.17 bits per heavy atom. The van der Waals surface area contributed by atoms with E-state index in [1.54, 1.807) is 63.4 Å². The van der Waals surface area contributed by atoms with E-state index in [1.165, 1.54) is 57.8 Å². The molecule has 0 heterocycles. The van der Waals surface area contributed by atoms with Gasteiger partial charge in [-0.25, -0.2) is 0 Å². The Balaban J connectivity index is 0.00000142. The summed E-state index contributed by atoms with van der Waals surface area (Å²) in [6, 6.07) is 0. The number of allylic oxidation sites excluding steroid dienone is 1. The van der Waals surface area contributed by atoms with Crippen LogP contribution in [0.3, 0.4) is 0 Å². The first-order valence-corrected chi connectivity index (χ1v) is 18.8. The normalized spacial score (nSPS) is 47.9. The van der Waals surface area contributed by atoms with Gasteiger partial charge in [0.15, 0.2) is 0 Å². The molecule has 0 aliphatic heterocycles. The van der Waals surface area contributed by atoms with Gasteiger partial charge in [-0.1, -0.05) is 86.3 Å². The Morgan fingerprint density at radius 2 is 1.45 bits per heavy atom. The van der Waals surface area contributed by atoms with E-state index < -0.39 is 0 Å². The van der Waals surface area contributed by atoms with Gasteiger partial charge in [0, 0.05) is 0 Å². The van der Waals surface area contributed by atoms with Crippen LogP contribution in [0.2, 0.25) is 0 Å². The van der Waals surface area contributed by atoms with Gasteiger partial charge in [0.25, 0.3) is 0 Å². The lowest BCUT2D eigenvalue weighted by Gasteiger charge is -2.58. The molecule has 7 saturated carbocycles. The van der Waals surface area contributed by atoms with Crippen molar-refractivity contribution in [3.63, 3.8) is 0 Å². The van der Waals surface area contributed by atoms with Crippen molar-refractivity contribution < 1.29 is 0 Å². The van der Waals surface area contributed by atoms with Crippen molar-refractivity contribution in [1.82, 2.24) is 0 Å². The fraction of sp³-hybridized carbons (Fsp3) is 0.950. The first-order chi connectivity index (χ1) is 19.1. The predicted octanol–water partition coefficient (Wildman–Crippen LogP) is 12.3. The number of hydrogen-bond donors (Lipinski definition) is 0. The van der Waals surface area contributed by atoms with Crippen molar-refractivity contribution in [3.8, 4) is 0 Å². The zero-order chi connectivity index (χ0) is 28.5. The van der Waals surface area contributed by atoms with E-state index in [9.17, 15) is 0 Å². The number of fused-ring (bicyclic) bond motifs is 4. The van der Waals surface area contributed by atoms with Gasteiger partial charge < -0.3 is 0 Å². The lowest BCUT2D eigenvalue weighted by molar-refractivity contribution is -0.0946. The van der Waals surface area contributed by atoms with Crippen LogP contribution in [0.5, 0.6) is 0 Å². The van der Waals surface area contributed by atoms with Crippen LogP contribution in [0.15, 0.2) is 12.2 Å². The lowest BCUT2D eigenvalue weighted by Crippen LogP contribution is -2.51. The molecule has 7 fully saturated rings. The van der Waals surface area contributed by atoms with Gasteiger partial charge in [-0.3, -0.25) is 0 Å². The third-order valence-electron chi connectivity index (χ3n) is 16.0. The topological polar surface area (TPSA) is 0 Å². The molecule has 0 saturated heterocycles. The molecule has 7 aliphatic carbocycles. The standard InChI is InChI=1S/C38H62.C2H6/c1-25(2)30(21-26(3)27-11-8-7-9-12-27)28-13-14-31-29(22-28)23-33-32-15-16-34-35(4,5)17-10-18-38(34)24-37(32,38)20-19-36(31,33)6;1-2/h25,27-34H,3,7-24H2,1-2,4-6H3;1-2H3/t28?,29?,30-,31?,32+,33?,34?,36-,37?,38-;/m1./s1. The van der Waals surface area contributed by atoms with Crippen LogP contribution >= 0.6 is 0 Å². The van der Waals surface area contributed by atoms with E-state index in [0.29, 0.717) is 10.8 Å². The maximum atomic E-state index is 4.73. The van der Waals surface area contributed by atoms with Crippen LogP contribution < -0.4 is 0 Å². The van der Waals surface area contributed by atoms with Crippen LogP contribution in [0, 0.1) is 74.9 Å². The maximum absolute atomic E-state index is 4.73. The second-order valence-corrected chi connectivity index (χ2v) is 18.0. The minimum atomic E-state index is 0.609. The van der Waals surface area contributed by atoms with Crippen LogP contribution in [-0.2, 0) is 0 Å². The monoisotopic (exact) mass is 549 g/mol. The molecule has 0 amide bonds. The minimum Gasteiger partial charge on any atom is -0.0996 e. The molecule has 228 valence electrons. The first-order valence-electron chi connectivity index (χ1n) is 18.8. The first kappa shape index (κ1) is 29.8. The third kappa shape index (κ3) is 4.39. The third-order valence-corrected chi connectivity index (χ3v) is 16.0. The molecule has 0 heteroatoms. The van der Waals surface area contributed by atoms with Crippen molar-refractivity contribution in [3.05, 3.63) is 12.2 Å². The molecule has 0 aromatic rings. The average Bonchev–Trinajstić information content (AvgIpc) is 3.51. The predicted molar refractivity (Wildman–Crippen MR) is 173 cm³/mol. The van der Waals surface area contributed by atoms with E-state index in [-0.39, 0.29) is 0 Å². The molecule has 10 atom stereocenters. The molecule has 7 aliphatic rings. The molecule has 0 bridgehead atoms. The zero-order valence-electron chi connectivity index (χ0n) is 28.1. The number of hydrogen-bond acceptors (Lipinski definition) is 0. The summed E-state index contributed by atoms with van der Waals surface area (Å²) in [7, 11) is 0. The lowest BCUT2D eigenvalue weighted by atomic mass is 9.46. The maximum Gasteiger partial charge on any atom is -0.0199 e. The second kappa shape index (κ2) is 10.7. The van der Waals surface area contributed by atoms with Gasteiger partial charge in [0.05, 0.1) is 0 Å². The van der Waals surface area contributed by atoms with Crippen molar-refractivity contribution in [2.45, 2.75) is 164 Å². The second-order valence-electron chi connectivity index (χ2n) is 18.0. The van der Waals surface area contributed by atoms with Gasteiger partial charge in [0.2, 0.25) is 0 Å². The fourth-order valence-corrected chi connectivity index (χ4v) is 14.3. The van der Waals surface area contributed by atoms with Crippen molar-refractivity contribution in [2.24, 2.45) is 74.9 Å². The van der Waals surface area contributed by atoms with E-state index in [1.807, 2.05) is 13.8 Å². The quantitative estimate of drug-likeness (QED) is 0.300. The van der Waals surface area contributed by atoms with E-state index >= 15 is 0 Å². The van der Waals surface area contributed by atoms with Crippen LogP contribution in [-0.4, -0.2) is 0 Å². The molecule has 0 N–H and O–H groups in total. The van der Waals surface area contributed by atoms with E-state index in [2.05, 4.69) is 34.6 Å². The van der Waals surface area contributed by atoms with Crippen molar-refractivity contribution in [1.29, 1.82) is 0 Å². The van der Waals surface area contributed by atoms with Crippen molar-refractivity contribution >= 4 is 0 Å². The summed E-state index contributed by atoms with van der Waals surface area (Å²) in [5.74, 6) is 8.79. The smallest absolute Gasteiger partial charge is 0.0199 e. The highest BCUT2D eigenvalue weighted by Crippen LogP contribution is 2.87. The van der Waals surface area contributed by atoms with Gasteiger partial charge in [-0.2, -0.15) is 0 Å². The molecule has 0 aromatic carbocycles. The fourth-order valence-electron chi connectivity index (χ4n) is 14.3. The van der Waals surface area contributed by atoms with E-state index in [4.69, 9.17) is 6.58 Å². The highest BCUT2D eigenvalue weighted by Gasteiger charge is 2.79. The Morgan fingerprint density at radius 1 is 0.725 bits per heavy atom. The highest BCUT2D eigenvalue weighted by molar-refractivity contribution is 5.28. The Labute approximate surface area is 250 Å².